The van der Waals surface area contributed by atoms with E-state index in [0.29, 0.717) is 0 Å². The minimum absolute atomic E-state index is 0. The van der Waals surface area contributed by atoms with Crippen LogP contribution in [-0.4, -0.2) is 42.0 Å². The number of halogens is 2. The second kappa shape index (κ2) is 9.57. The first-order chi connectivity index (χ1) is 9.42. The lowest BCUT2D eigenvalue weighted by molar-refractivity contribution is 0.362. The maximum atomic E-state index is 4.65. The van der Waals surface area contributed by atoms with E-state index in [1.54, 1.807) is 0 Å². The highest BCUT2D eigenvalue weighted by Gasteiger charge is 2.13. The molecule has 0 aliphatic carbocycles. The van der Waals surface area contributed by atoms with E-state index in [0.717, 1.165) is 23.9 Å². The average Bonchev–Trinajstić information content (AvgIpc) is 2.85. The number of hydrogen-bond acceptors (Lipinski definition) is 4. The third kappa shape index (κ3) is 5.37. The minimum atomic E-state index is 0. The predicted molar refractivity (Wildman–Crippen MR) is 98.7 cm³/mol. The third-order valence-corrected chi connectivity index (χ3v) is 4.63. The van der Waals surface area contributed by atoms with Gasteiger partial charge in [0.15, 0.2) is 5.17 Å². The highest BCUT2D eigenvalue weighted by molar-refractivity contribution is 8.14. The topological polar surface area (TPSA) is 27.6 Å². The largest absolute Gasteiger partial charge is 0.335 e. The number of para-hydroxylation sites is 1. The van der Waals surface area contributed by atoms with Gasteiger partial charge in [0, 0.05) is 24.5 Å². The zero-order valence-electron chi connectivity index (χ0n) is 12.1. The molecule has 6 heteroatoms. The summed E-state index contributed by atoms with van der Waals surface area (Å²) in [6.07, 6.45) is 3.79. The number of rotatable bonds is 3. The molecule has 0 amide bonds. The quantitative estimate of drug-likeness (QED) is 0.903. The average molecular weight is 348 g/mol. The van der Waals surface area contributed by atoms with Crippen molar-refractivity contribution >= 4 is 47.4 Å². The van der Waals surface area contributed by atoms with Crippen LogP contribution in [0.3, 0.4) is 0 Å². The van der Waals surface area contributed by atoms with E-state index in [2.05, 4.69) is 39.5 Å². The molecule has 1 N–H and O–H groups in total. The number of anilines is 1. The van der Waals surface area contributed by atoms with Gasteiger partial charge in [-0.2, -0.15) is 0 Å². The van der Waals surface area contributed by atoms with Crippen LogP contribution in [0.5, 0.6) is 0 Å². The normalized spacial score (nSPS) is 17.6. The number of aliphatic imine (C=N–C) groups is 1. The van der Waals surface area contributed by atoms with Gasteiger partial charge in [-0.05, 0) is 44.0 Å². The van der Waals surface area contributed by atoms with Crippen LogP contribution in [-0.2, 0) is 6.42 Å². The van der Waals surface area contributed by atoms with E-state index in [1.165, 1.54) is 43.7 Å². The Hall–Kier alpha value is -0.420. The van der Waals surface area contributed by atoms with Crippen LogP contribution in [0.25, 0.3) is 0 Å². The second-order valence-electron chi connectivity index (χ2n) is 5.12. The Balaban J connectivity index is 0.00000110. The Morgan fingerprint density at radius 3 is 2.71 bits per heavy atom. The van der Waals surface area contributed by atoms with Crippen LogP contribution in [0.15, 0.2) is 29.3 Å². The summed E-state index contributed by atoms with van der Waals surface area (Å²) in [6.45, 7) is 4.65. The molecular formula is C15H23Cl2N3S. The summed E-state index contributed by atoms with van der Waals surface area (Å²) in [5, 5.41) is 4.57. The molecule has 2 aliphatic heterocycles. The maximum absolute atomic E-state index is 4.65. The lowest BCUT2D eigenvalue weighted by Gasteiger charge is -2.14. The Labute approximate surface area is 143 Å². The fraction of sp³-hybridized carbons (Fsp3) is 0.533. The Kier molecular flexibility index (Phi) is 8.49. The molecule has 1 saturated heterocycles. The molecular weight excluding hydrogens is 325 g/mol. The van der Waals surface area contributed by atoms with Crippen molar-refractivity contribution in [3.63, 3.8) is 0 Å². The van der Waals surface area contributed by atoms with Crippen LogP contribution in [0.4, 0.5) is 5.69 Å². The first-order valence-electron chi connectivity index (χ1n) is 7.16. The summed E-state index contributed by atoms with van der Waals surface area (Å²) in [6, 6.07) is 8.53. The molecule has 2 heterocycles. The van der Waals surface area contributed by atoms with Gasteiger partial charge in [-0.3, -0.25) is 4.99 Å². The summed E-state index contributed by atoms with van der Waals surface area (Å²) in [4.78, 5) is 7.21. The zero-order chi connectivity index (χ0) is 12.9. The smallest absolute Gasteiger partial charge is 0.161 e. The molecule has 1 aromatic carbocycles. The third-order valence-electron chi connectivity index (χ3n) is 3.74. The molecule has 1 fully saturated rings. The molecule has 21 heavy (non-hydrogen) atoms. The van der Waals surface area contributed by atoms with Crippen LogP contribution >= 0.6 is 36.6 Å². The lowest BCUT2D eigenvalue weighted by atomic mass is 10.1. The van der Waals surface area contributed by atoms with Gasteiger partial charge in [-0.25, -0.2) is 0 Å². The van der Waals surface area contributed by atoms with E-state index >= 15 is 0 Å². The fourth-order valence-corrected chi connectivity index (χ4v) is 3.56. The highest BCUT2D eigenvalue weighted by atomic mass is 35.5. The SMILES string of the molecule is Cl.Cl.c1ccc2c(c1)CCN=C(SCCN1CCCC1)N2. The number of nitrogens with zero attached hydrogens (tertiary/aromatic N) is 2. The first-order valence-corrected chi connectivity index (χ1v) is 8.15. The van der Waals surface area contributed by atoms with Crippen molar-refractivity contribution in [2.45, 2.75) is 19.3 Å². The second-order valence-corrected chi connectivity index (χ2v) is 6.20. The summed E-state index contributed by atoms with van der Waals surface area (Å²) < 4.78 is 0. The van der Waals surface area contributed by atoms with E-state index in [4.69, 9.17) is 0 Å². The molecule has 0 spiro atoms. The number of nitrogens with one attached hydrogen (secondary N) is 1. The van der Waals surface area contributed by atoms with Crippen LogP contribution < -0.4 is 5.32 Å². The molecule has 0 radical (unpaired) electrons. The standard InChI is InChI=1S/C15H21N3S.2ClH/c1-2-6-14-13(5-1)7-8-16-15(17-14)19-12-11-18-9-3-4-10-18;;/h1-2,5-6H,3-4,7-12H2,(H,16,17);2*1H. The number of likely N-dealkylation sites (tertiary alicyclic amines) is 1. The molecule has 0 bridgehead atoms. The molecule has 2 aliphatic rings. The van der Waals surface area contributed by atoms with E-state index in [-0.39, 0.29) is 24.8 Å². The Morgan fingerprint density at radius 2 is 1.90 bits per heavy atom. The van der Waals surface area contributed by atoms with Crippen molar-refractivity contribution in [2.24, 2.45) is 4.99 Å². The van der Waals surface area contributed by atoms with E-state index in [1.807, 2.05) is 11.8 Å². The molecule has 118 valence electrons. The van der Waals surface area contributed by atoms with Gasteiger partial charge in [0.05, 0.1) is 0 Å². The first kappa shape index (κ1) is 18.6. The van der Waals surface area contributed by atoms with Gasteiger partial charge in [0.25, 0.3) is 0 Å². The molecule has 0 atom stereocenters. The molecule has 0 unspecified atom stereocenters. The summed E-state index contributed by atoms with van der Waals surface area (Å²) in [5.41, 5.74) is 2.61. The summed E-state index contributed by atoms with van der Waals surface area (Å²) >= 11 is 1.86. The molecule has 0 aromatic heterocycles. The van der Waals surface area contributed by atoms with Gasteiger partial charge in [0.2, 0.25) is 0 Å². The summed E-state index contributed by atoms with van der Waals surface area (Å²) in [5.74, 6) is 1.13. The van der Waals surface area contributed by atoms with Crippen molar-refractivity contribution in [3.05, 3.63) is 29.8 Å². The Bertz CT molecular complexity index is 462. The lowest BCUT2D eigenvalue weighted by Crippen LogP contribution is -2.23. The zero-order valence-corrected chi connectivity index (χ0v) is 14.5. The monoisotopic (exact) mass is 347 g/mol. The number of fused-ring (bicyclic) bond motifs is 1. The van der Waals surface area contributed by atoms with Gasteiger partial charge in [-0.15, -0.1) is 24.8 Å². The van der Waals surface area contributed by atoms with E-state index < -0.39 is 0 Å². The highest BCUT2D eigenvalue weighted by Crippen LogP contribution is 2.21. The molecule has 0 saturated carbocycles. The number of amidine groups is 1. The fourth-order valence-electron chi connectivity index (χ4n) is 2.65. The molecule has 3 rings (SSSR count). The van der Waals surface area contributed by atoms with Crippen molar-refractivity contribution < 1.29 is 0 Å². The van der Waals surface area contributed by atoms with E-state index in [9.17, 15) is 0 Å². The molecule has 3 nitrogen and oxygen atoms in total. The number of hydrogen-bond donors (Lipinski definition) is 1. The maximum Gasteiger partial charge on any atom is 0.161 e. The van der Waals surface area contributed by atoms with Crippen molar-refractivity contribution in [2.75, 3.05) is 37.2 Å². The van der Waals surface area contributed by atoms with Gasteiger partial charge in [0.1, 0.15) is 0 Å². The number of thioether (sulfide) groups is 1. The minimum Gasteiger partial charge on any atom is -0.335 e. The molecule has 1 aromatic rings. The van der Waals surface area contributed by atoms with Crippen molar-refractivity contribution in [1.29, 1.82) is 0 Å². The Morgan fingerprint density at radius 1 is 1.14 bits per heavy atom. The van der Waals surface area contributed by atoms with Gasteiger partial charge in [-0.1, -0.05) is 30.0 Å². The summed E-state index contributed by atoms with van der Waals surface area (Å²) in [7, 11) is 0. The van der Waals surface area contributed by atoms with Crippen LogP contribution in [0.1, 0.15) is 18.4 Å². The number of benzene rings is 1. The van der Waals surface area contributed by atoms with Gasteiger partial charge < -0.3 is 10.2 Å². The van der Waals surface area contributed by atoms with Crippen LogP contribution in [0.2, 0.25) is 0 Å². The van der Waals surface area contributed by atoms with Crippen molar-refractivity contribution in [1.82, 2.24) is 4.90 Å². The van der Waals surface area contributed by atoms with Gasteiger partial charge >= 0.3 is 0 Å². The predicted octanol–water partition coefficient (Wildman–Crippen LogP) is 3.68. The van der Waals surface area contributed by atoms with Crippen LogP contribution in [0, 0.1) is 0 Å². The van der Waals surface area contributed by atoms with Crippen molar-refractivity contribution in [3.8, 4) is 0 Å².